The maximum Gasteiger partial charge on any atom is 0.229 e. The minimum Gasteiger partial charge on any atom is -0.497 e. The van der Waals surface area contributed by atoms with Crippen LogP contribution < -0.4 is 15.0 Å². The molecule has 32 heavy (non-hydrogen) atoms. The molecular formula is C25H21N3O3S. The summed E-state index contributed by atoms with van der Waals surface area (Å²) in [7, 11) is 1.60. The van der Waals surface area contributed by atoms with Gasteiger partial charge in [-0.2, -0.15) is 0 Å². The fourth-order valence-corrected chi connectivity index (χ4v) is 4.90. The molecule has 0 saturated carbocycles. The molecule has 0 unspecified atom stereocenters. The smallest absolute Gasteiger partial charge is 0.229 e. The molecular weight excluding hydrogens is 422 g/mol. The number of fused-ring (bicyclic) bond motifs is 1. The first-order valence-electron chi connectivity index (χ1n) is 10.3. The monoisotopic (exact) mass is 443 g/mol. The van der Waals surface area contributed by atoms with Crippen molar-refractivity contribution < 1.29 is 14.3 Å². The van der Waals surface area contributed by atoms with Crippen molar-refractivity contribution in [2.45, 2.75) is 6.42 Å². The maximum atomic E-state index is 13.1. The molecule has 6 nitrogen and oxygen atoms in total. The number of carbonyl (C=O) groups is 2. The van der Waals surface area contributed by atoms with Crippen LogP contribution in [0.3, 0.4) is 0 Å². The highest BCUT2D eigenvalue weighted by molar-refractivity contribution is 7.21. The molecule has 5 rings (SSSR count). The van der Waals surface area contributed by atoms with E-state index in [1.165, 1.54) is 0 Å². The summed E-state index contributed by atoms with van der Waals surface area (Å²) in [6.45, 7) is 0.348. The van der Waals surface area contributed by atoms with Gasteiger partial charge in [-0.15, -0.1) is 11.3 Å². The summed E-state index contributed by atoms with van der Waals surface area (Å²) in [4.78, 5) is 32.0. The van der Waals surface area contributed by atoms with Crippen molar-refractivity contribution in [1.29, 1.82) is 0 Å². The van der Waals surface area contributed by atoms with Crippen LogP contribution in [0.5, 0.6) is 5.75 Å². The Kier molecular flexibility index (Phi) is 5.33. The summed E-state index contributed by atoms with van der Waals surface area (Å²) in [6.07, 6.45) is 0.182. The number of benzene rings is 3. The number of nitrogens with zero attached hydrogens (tertiary/aromatic N) is 2. The van der Waals surface area contributed by atoms with E-state index in [9.17, 15) is 9.59 Å². The second-order valence-corrected chi connectivity index (χ2v) is 8.66. The van der Waals surface area contributed by atoms with Crippen LogP contribution in [0.15, 0.2) is 72.8 Å². The van der Waals surface area contributed by atoms with E-state index in [4.69, 9.17) is 9.72 Å². The summed E-state index contributed by atoms with van der Waals surface area (Å²) in [5.74, 6) is 0.0758. The summed E-state index contributed by atoms with van der Waals surface area (Å²) >= 11 is 1.59. The quantitative estimate of drug-likeness (QED) is 0.473. The van der Waals surface area contributed by atoms with Crippen molar-refractivity contribution in [3.63, 3.8) is 0 Å². The van der Waals surface area contributed by atoms with Crippen LogP contribution in [0.1, 0.15) is 6.42 Å². The van der Waals surface area contributed by atoms with E-state index in [0.717, 1.165) is 32.2 Å². The van der Waals surface area contributed by atoms with Crippen molar-refractivity contribution in [2.24, 2.45) is 5.92 Å². The van der Waals surface area contributed by atoms with E-state index >= 15 is 0 Å². The predicted molar refractivity (Wildman–Crippen MR) is 127 cm³/mol. The van der Waals surface area contributed by atoms with E-state index in [0.29, 0.717) is 12.2 Å². The zero-order valence-corrected chi connectivity index (χ0v) is 18.3. The fourth-order valence-electron chi connectivity index (χ4n) is 3.90. The minimum absolute atomic E-state index is 0.0604. The highest BCUT2D eigenvalue weighted by Gasteiger charge is 2.35. The molecule has 2 heterocycles. The van der Waals surface area contributed by atoms with Crippen molar-refractivity contribution in [3.8, 4) is 16.3 Å². The lowest BCUT2D eigenvalue weighted by Crippen LogP contribution is -2.28. The molecule has 0 bridgehead atoms. The molecule has 0 spiro atoms. The van der Waals surface area contributed by atoms with E-state index in [1.807, 2.05) is 72.8 Å². The largest absolute Gasteiger partial charge is 0.497 e. The van der Waals surface area contributed by atoms with Gasteiger partial charge in [0.2, 0.25) is 11.8 Å². The van der Waals surface area contributed by atoms with Crippen molar-refractivity contribution in [3.05, 3.63) is 72.8 Å². The van der Waals surface area contributed by atoms with Gasteiger partial charge < -0.3 is 15.0 Å². The van der Waals surface area contributed by atoms with Gasteiger partial charge >= 0.3 is 0 Å². The lowest BCUT2D eigenvalue weighted by atomic mass is 10.1. The molecule has 1 atom stereocenters. The van der Waals surface area contributed by atoms with Gasteiger partial charge in [-0.1, -0.05) is 24.3 Å². The zero-order chi connectivity index (χ0) is 22.1. The van der Waals surface area contributed by atoms with Gasteiger partial charge in [0.25, 0.3) is 0 Å². The lowest BCUT2D eigenvalue weighted by molar-refractivity contribution is -0.122. The number of hydrogen-bond acceptors (Lipinski definition) is 5. The van der Waals surface area contributed by atoms with Crippen LogP contribution in [0.2, 0.25) is 0 Å². The minimum atomic E-state index is -0.423. The summed E-state index contributed by atoms with van der Waals surface area (Å²) < 4.78 is 6.28. The molecule has 4 aromatic rings. The fraction of sp³-hybridized carbons (Fsp3) is 0.160. The summed E-state index contributed by atoms with van der Waals surface area (Å²) in [5.41, 5.74) is 3.27. The Hall–Kier alpha value is -3.71. The van der Waals surface area contributed by atoms with Gasteiger partial charge in [-0.3, -0.25) is 9.59 Å². The Morgan fingerprint density at radius 1 is 1.06 bits per heavy atom. The number of para-hydroxylation sites is 2. The molecule has 2 amide bonds. The van der Waals surface area contributed by atoms with E-state index in [2.05, 4.69) is 5.32 Å². The molecule has 160 valence electrons. The highest BCUT2D eigenvalue weighted by atomic mass is 32.1. The van der Waals surface area contributed by atoms with E-state index in [-0.39, 0.29) is 18.2 Å². The van der Waals surface area contributed by atoms with Crippen molar-refractivity contribution >= 4 is 44.7 Å². The van der Waals surface area contributed by atoms with E-state index < -0.39 is 5.92 Å². The molecule has 1 aromatic heterocycles. The Morgan fingerprint density at radius 2 is 1.81 bits per heavy atom. The van der Waals surface area contributed by atoms with Gasteiger partial charge in [-0.25, -0.2) is 4.98 Å². The second kappa shape index (κ2) is 8.43. The Balaban J connectivity index is 1.35. The van der Waals surface area contributed by atoms with Gasteiger partial charge in [-0.05, 0) is 48.5 Å². The van der Waals surface area contributed by atoms with Gasteiger partial charge in [0.15, 0.2) is 0 Å². The van der Waals surface area contributed by atoms with Crippen LogP contribution in [0.4, 0.5) is 11.4 Å². The molecule has 3 aromatic carbocycles. The molecule has 1 aliphatic rings. The van der Waals surface area contributed by atoms with Crippen LogP contribution in [-0.4, -0.2) is 30.5 Å². The number of aromatic nitrogens is 1. The predicted octanol–water partition coefficient (Wildman–Crippen LogP) is 4.96. The zero-order valence-electron chi connectivity index (χ0n) is 17.4. The number of rotatable bonds is 5. The molecule has 1 aliphatic heterocycles. The number of nitrogens with one attached hydrogen (secondary N) is 1. The van der Waals surface area contributed by atoms with Gasteiger partial charge in [0, 0.05) is 24.2 Å². The van der Waals surface area contributed by atoms with Crippen molar-refractivity contribution in [1.82, 2.24) is 4.98 Å². The number of anilines is 2. The highest BCUT2D eigenvalue weighted by Crippen LogP contribution is 2.35. The number of amides is 2. The SMILES string of the molecule is COc1ccc(N2C[C@@H](C(=O)Nc3ccccc3-c3nc4ccccc4s3)CC2=O)cc1. The maximum absolute atomic E-state index is 13.1. The molecule has 0 radical (unpaired) electrons. The number of ether oxygens (including phenoxy) is 1. The van der Waals surface area contributed by atoms with Gasteiger partial charge in [0.1, 0.15) is 10.8 Å². The van der Waals surface area contributed by atoms with Crippen LogP contribution in [0.25, 0.3) is 20.8 Å². The second-order valence-electron chi connectivity index (χ2n) is 7.62. The summed E-state index contributed by atoms with van der Waals surface area (Å²) in [6, 6.07) is 22.9. The third-order valence-electron chi connectivity index (χ3n) is 5.59. The molecule has 1 N–H and O–H groups in total. The van der Waals surface area contributed by atoms with Crippen LogP contribution >= 0.6 is 11.3 Å². The number of hydrogen-bond donors (Lipinski definition) is 1. The lowest BCUT2D eigenvalue weighted by Gasteiger charge is -2.17. The molecule has 7 heteroatoms. The molecule has 0 aliphatic carbocycles. The first-order valence-corrected chi connectivity index (χ1v) is 11.1. The topological polar surface area (TPSA) is 71.5 Å². The third-order valence-corrected chi connectivity index (χ3v) is 6.66. The number of thiazole rings is 1. The molecule has 1 fully saturated rings. The van der Waals surface area contributed by atoms with E-state index in [1.54, 1.807) is 23.3 Å². The van der Waals surface area contributed by atoms with Gasteiger partial charge in [0.05, 0.1) is 28.9 Å². The Labute approximate surface area is 189 Å². The molecule has 1 saturated heterocycles. The first-order chi connectivity index (χ1) is 15.6. The average Bonchev–Trinajstić information content (AvgIpc) is 3.43. The third kappa shape index (κ3) is 3.83. The Morgan fingerprint density at radius 3 is 2.59 bits per heavy atom. The number of methoxy groups -OCH3 is 1. The average molecular weight is 444 g/mol. The Bertz CT molecular complexity index is 1270. The first kappa shape index (κ1) is 20.2. The normalized spacial score (nSPS) is 15.8. The summed E-state index contributed by atoms with van der Waals surface area (Å²) in [5, 5.41) is 3.89. The van der Waals surface area contributed by atoms with Crippen LogP contribution in [0, 0.1) is 5.92 Å². The standard InChI is InChI=1S/C25H21N3O3S/c1-31-18-12-10-17(11-13-18)28-15-16(14-23(28)29)24(30)26-20-7-3-2-6-19(20)25-27-21-8-4-5-9-22(21)32-25/h2-13,16H,14-15H2,1H3,(H,26,30)/t16-/m0/s1. The van der Waals surface area contributed by atoms with Crippen molar-refractivity contribution in [2.75, 3.05) is 23.9 Å². The van der Waals surface area contributed by atoms with Crippen LogP contribution in [-0.2, 0) is 9.59 Å². The number of carbonyl (C=O) groups excluding carboxylic acids is 2.